The highest BCUT2D eigenvalue weighted by Crippen LogP contribution is 2.16. The Balaban J connectivity index is 2.20. The normalized spacial score (nSPS) is 11.2. The van der Waals surface area contributed by atoms with Crippen LogP contribution < -0.4 is 5.32 Å². The number of rotatable bonds is 7. The van der Waals surface area contributed by atoms with E-state index in [2.05, 4.69) is 46.7 Å². The summed E-state index contributed by atoms with van der Waals surface area (Å²) >= 11 is 0. The second-order valence-corrected chi connectivity index (χ2v) is 5.49. The molecule has 2 rings (SSSR count). The first-order chi connectivity index (χ1) is 9.72. The Labute approximate surface area is 121 Å². The van der Waals surface area contributed by atoms with E-state index in [9.17, 15) is 0 Å². The van der Waals surface area contributed by atoms with Crippen LogP contribution in [0.15, 0.2) is 30.9 Å². The average molecular weight is 272 g/mol. The fourth-order valence-electron chi connectivity index (χ4n) is 2.24. The number of hydrogen-bond acceptors (Lipinski definition) is 3. The van der Waals surface area contributed by atoms with Gasteiger partial charge in [0.05, 0.1) is 11.9 Å². The predicted octanol–water partition coefficient (Wildman–Crippen LogP) is 2.97. The van der Waals surface area contributed by atoms with Gasteiger partial charge in [0.2, 0.25) is 0 Å². The van der Waals surface area contributed by atoms with E-state index >= 15 is 0 Å². The molecule has 0 saturated heterocycles. The van der Waals surface area contributed by atoms with Crippen LogP contribution >= 0.6 is 0 Å². The van der Waals surface area contributed by atoms with E-state index in [1.54, 1.807) is 0 Å². The molecule has 0 aromatic carbocycles. The van der Waals surface area contributed by atoms with E-state index in [-0.39, 0.29) is 0 Å². The molecule has 0 aliphatic heterocycles. The molecule has 0 bridgehead atoms. The van der Waals surface area contributed by atoms with Crippen molar-refractivity contribution in [2.24, 2.45) is 5.92 Å². The van der Waals surface area contributed by atoms with E-state index < -0.39 is 0 Å². The summed E-state index contributed by atoms with van der Waals surface area (Å²) in [6.45, 7) is 8.49. The highest BCUT2D eigenvalue weighted by molar-refractivity contribution is 5.39. The summed E-state index contributed by atoms with van der Waals surface area (Å²) in [5.74, 6) is 1.76. The summed E-state index contributed by atoms with van der Waals surface area (Å²) in [5.41, 5.74) is 2.39. The van der Waals surface area contributed by atoms with E-state index in [1.165, 1.54) is 5.56 Å². The second-order valence-electron chi connectivity index (χ2n) is 5.49. The maximum Gasteiger partial charge on any atom is 0.113 e. The maximum atomic E-state index is 4.45. The van der Waals surface area contributed by atoms with Crippen LogP contribution in [-0.2, 0) is 13.0 Å². The summed E-state index contributed by atoms with van der Waals surface area (Å²) in [6.07, 6.45) is 9.75. The summed E-state index contributed by atoms with van der Waals surface area (Å²) in [4.78, 5) is 8.72. The van der Waals surface area contributed by atoms with E-state index in [1.807, 2.05) is 24.8 Å². The van der Waals surface area contributed by atoms with E-state index in [0.717, 1.165) is 37.4 Å². The van der Waals surface area contributed by atoms with Gasteiger partial charge in [-0.05, 0) is 30.5 Å². The monoisotopic (exact) mass is 272 g/mol. The third-order valence-electron chi connectivity index (χ3n) is 3.21. The van der Waals surface area contributed by atoms with Crippen LogP contribution in [0.25, 0.3) is 5.69 Å². The average Bonchev–Trinajstić information content (AvgIpc) is 2.87. The quantitative estimate of drug-likeness (QED) is 0.842. The van der Waals surface area contributed by atoms with Gasteiger partial charge in [0, 0.05) is 31.6 Å². The largest absolute Gasteiger partial charge is 0.312 e. The van der Waals surface area contributed by atoms with Gasteiger partial charge in [-0.25, -0.2) is 4.98 Å². The molecule has 0 amide bonds. The van der Waals surface area contributed by atoms with Crippen molar-refractivity contribution in [1.82, 2.24) is 19.9 Å². The van der Waals surface area contributed by atoms with Gasteiger partial charge >= 0.3 is 0 Å². The van der Waals surface area contributed by atoms with Gasteiger partial charge in [0.15, 0.2) is 0 Å². The predicted molar refractivity (Wildman–Crippen MR) is 81.9 cm³/mol. The van der Waals surface area contributed by atoms with Gasteiger partial charge in [-0.15, -0.1) is 0 Å². The number of aryl methyl sites for hydroxylation is 1. The molecule has 0 radical (unpaired) electrons. The standard InChI is InChI=1S/C16H24N4/c1-4-5-16-19-8-9-20(16)15-12-17-7-6-14(15)11-18-10-13(2)3/h6-9,12-13,18H,4-5,10-11H2,1-3H3. The first-order valence-electron chi connectivity index (χ1n) is 7.38. The molecule has 2 aromatic rings. The Morgan fingerprint density at radius 2 is 2.15 bits per heavy atom. The smallest absolute Gasteiger partial charge is 0.113 e. The molecule has 4 heteroatoms. The lowest BCUT2D eigenvalue weighted by Crippen LogP contribution is -2.20. The molecule has 108 valence electrons. The lowest BCUT2D eigenvalue weighted by molar-refractivity contribution is 0.551. The Kier molecular flexibility index (Phi) is 5.30. The van der Waals surface area contributed by atoms with Crippen LogP contribution in [0.4, 0.5) is 0 Å². The number of hydrogen-bond donors (Lipinski definition) is 1. The van der Waals surface area contributed by atoms with Gasteiger partial charge < -0.3 is 9.88 Å². The lowest BCUT2D eigenvalue weighted by Gasteiger charge is -2.14. The van der Waals surface area contributed by atoms with Crippen molar-refractivity contribution in [2.75, 3.05) is 6.54 Å². The molecule has 20 heavy (non-hydrogen) atoms. The third-order valence-corrected chi connectivity index (χ3v) is 3.21. The van der Waals surface area contributed by atoms with Crippen LogP contribution in [0.5, 0.6) is 0 Å². The Morgan fingerprint density at radius 1 is 1.30 bits per heavy atom. The Morgan fingerprint density at radius 3 is 2.90 bits per heavy atom. The van der Waals surface area contributed by atoms with Crippen molar-refractivity contribution in [1.29, 1.82) is 0 Å². The van der Waals surface area contributed by atoms with Crippen LogP contribution in [-0.4, -0.2) is 21.1 Å². The van der Waals surface area contributed by atoms with E-state index in [0.29, 0.717) is 5.92 Å². The molecule has 0 aliphatic rings. The molecule has 2 heterocycles. The maximum absolute atomic E-state index is 4.45. The van der Waals surface area contributed by atoms with Crippen molar-refractivity contribution in [3.05, 3.63) is 42.2 Å². The van der Waals surface area contributed by atoms with Crippen molar-refractivity contribution in [3.63, 3.8) is 0 Å². The van der Waals surface area contributed by atoms with Gasteiger partial charge in [-0.2, -0.15) is 0 Å². The van der Waals surface area contributed by atoms with Crippen molar-refractivity contribution < 1.29 is 0 Å². The molecular weight excluding hydrogens is 248 g/mol. The summed E-state index contributed by atoms with van der Waals surface area (Å²) < 4.78 is 2.16. The molecule has 0 fully saturated rings. The summed E-state index contributed by atoms with van der Waals surface area (Å²) in [5, 5.41) is 3.49. The van der Waals surface area contributed by atoms with Gasteiger partial charge in [-0.1, -0.05) is 20.8 Å². The number of nitrogens with zero attached hydrogens (tertiary/aromatic N) is 3. The first kappa shape index (κ1) is 14.7. The molecule has 0 saturated carbocycles. The molecule has 0 spiro atoms. The zero-order chi connectivity index (χ0) is 14.4. The highest BCUT2D eigenvalue weighted by Gasteiger charge is 2.09. The molecule has 1 N–H and O–H groups in total. The fraction of sp³-hybridized carbons (Fsp3) is 0.500. The minimum absolute atomic E-state index is 0.657. The van der Waals surface area contributed by atoms with Crippen LogP contribution in [0.3, 0.4) is 0 Å². The molecular formula is C16H24N4. The first-order valence-corrected chi connectivity index (χ1v) is 7.38. The number of aromatic nitrogens is 3. The Hall–Kier alpha value is -1.68. The fourth-order valence-corrected chi connectivity index (χ4v) is 2.24. The Bertz CT molecular complexity index is 531. The minimum Gasteiger partial charge on any atom is -0.312 e. The van der Waals surface area contributed by atoms with Crippen molar-refractivity contribution in [2.45, 2.75) is 40.2 Å². The number of nitrogens with one attached hydrogen (secondary N) is 1. The van der Waals surface area contributed by atoms with Gasteiger partial charge in [-0.3, -0.25) is 4.98 Å². The number of imidazole rings is 1. The van der Waals surface area contributed by atoms with Crippen molar-refractivity contribution in [3.8, 4) is 5.69 Å². The highest BCUT2D eigenvalue weighted by atomic mass is 15.1. The lowest BCUT2D eigenvalue weighted by atomic mass is 10.2. The van der Waals surface area contributed by atoms with Gasteiger partial charge in [0.25, 0.3) is 0 Å². The molecule has 4 nitrogen and oxygen atoms in total. The van der Waals surface area contributed by atoms with Crippen molar-refractivity contribution >= 4 is 0 Å². The van der Waals surface area contributed by atoms with E-state index in [4.69, 9.17) is 0 Å². The summed E-state index contributed by atoms with van der Waals surface area (Å²) in [7, 11) is 0. The second kappa shape index (κ2) is 7.20. The van der Waals surface area contributed by atoms with Crippen LogP contribution in [0.1, 0.15) is 38.6 Å². The SMILES string of the molecule is CCCc1nccn1-c1cnccc1CNCC(C)C. The van der Waals surface area contributed by atoms with Crippen LogP contribution in [0.2, 0.25) is 0 Å². The van der Waals surface area contributed by atoms with Crippen LogP contribution in [0, 0.1) is 5.92 Å². The third kappa shape index (κ3) is 3.67. The van der Waals surface area contributed by atoms with Gasteiger partial charge in [0.1, 0.15) is 5.82 Å². The zero-order valence-electron chi connectivity index (χ0n) is 12.6. The number of pyridine rings is 1. The molecule has 2 aromatic heterocycles. The molecule has 0 unspecified atom stereocenters. The summed E-state index contributed by atoms with van der Waals surface area (Å²) in [6, 6.07) is 2.08. The topological polar surface area (TPSA) is 42.7 Å². The molecule has 0 aliphatic carbocycles. The molecule has 0 atom stereocenters. The minimum atomic E-state index is 0.657. The zero-order valence-corrected chi connectivity index (χ0v) is 12.6.